The smallest absolute Gasteiger partial charge is 0.410 e. The van der Waals surface area contributed by atoms with Gasteiger partial charge < -0.3 is 15.0 Å². The topological polar surface area (TPSA) is 67.4 Å². The van der Waals surface area contributed by atoms with Gasteiger partial charge in [-0.25, -0.2) is 14.8 Å². The Morgan fingerprint density at radius 1 is 1.55 bits per heavy atom. The van der Waals surface area contributed by atoms with E-state index in [1.165, 1.54) is 11.8 Å². The summed E-state index contributed by atoms with van der Waals surface area (Å²) in [6.07, 6.45) is 4.46. The number of ether oxygens (including phenoxy) is 1. The molecule has 22 heavy (non-hydrogen) atoms. The molecule has 7 heteroatoms. The van der Waals surface area contributed by atoms with Gasteiger partial charge in [0.2, 0.25) is 0 Å². The highest BCUT2D eigenvalue weighted by Crippen LogP contribution is 2.20. The van der Waals surface area contributed by atoms with Crippen LogP contribution in [-0.4, -0.2) is 52.5 Å². The Balaban J connectivity index is 1.80. The molecule has 0 radical (unpaired) electrons. The first-order chi connectivity index (χ1) is 10.4. The summed E-state index contributed by atoms with van der Waals surface area (Å²) in [5.74, 6) is 1.25. The number of carbonyl (C=O) groups excluding carboxylic acids is 1. The van der Waals surface area contributed by atoms with Crippen LogP contribution in [0.1, 0.15) is 27.2 Å². The van der Waals surface area contributed by atoms with E-state index in [-0.39, 0.29) is 6.09 Å². The van der Waals surface area contributed by atoms with Crippen molar-refractivity contribution in [1.82, 2.24) is 14.9 Å². The second kappa shape index (κ2) is 7.17. The Morgan fingerprint density at radius 2 is 2.32 bits per heavy atom. The van der Waals surface area contributed by atoms with Crippen LogP contribution in [0.5, 0.6) is 0 Å². The SMILES string of the molecule is CSc1nccc(NCC2CCN(C(=O)OC(C)(C)C)C2)n1. The van der Waals surface area contributed by atoms with Gasteiger partial charge in [-0.05, 0) is 45.4 Å². The van der Waals surface area contributed by atoms with Crippen molar-refractivity contribution in [3.63, 3.8) is 0 Å². The van der Waals surface area contributed by atoms with Crippen LogP contribution in [0.2, 0.25) is 0 Å². The van der Waals surface area contributed by atoms with Gasteiger partial charge in [0.25, 0.3) is 0 Å². The molecule has 1 aliphatic rings. The maximum absolute atomic E-state index is 12.0. The van der Waals surface area contributed by atoms with Crippen LogP contribution < -0.4 is 5.32 Å². The predicted molar refractivity (Wildman–Crippen MR) is 88.2 cm³/mol. The second-order valence-electron chi connectivity index (χ2n) is 6.39. The van der Waals surface area contributed by atoms with E-state index in [4.69, 9.17) is 4.74 Å². The van der Waals surface area contributed by atoms with E-state index in [1.807, 2.05) is 33.1 Å². The third kappa shape index (κ3) is 5.05. The number of likely N-dealkylation sites (tertiary alicyclic amines) is 1. The quantitative estimate of drug-likeness (QED) is 0.678. The molecule has 0 saturated carbocycles. The molecule has 0 aliphatic carbocycles. The second-order valence-corrected chi connectivity index (χ2v) is 7.16. The van der Waals surface area contributed by atoms with Crippen LogP contribution in [0.15, 0.2) is 17.4 Å². The number of aromatic nitrogens is 2. The number of carbonyl (C=O) groups is 1. The average Bonchev–Trinajstić information content (AvgIpc) is 2.92. The Hall–Kier alpha value is -1.50. The van der Waals surface area contributed by atoms with Crippen molar-refractivity contribution in [3.8, 4) is 0 Å². The zero-order chi connectivity index (χ0) is 16.2. The van der Waals surface area contributed by atoms with E-state index in [0.29, 0.717) is 5.92 Å². The minimum absolute atomic E-state index is 0.221. The third-order valence-electron chi connectivity index (χ3n) is 3.33. The van der Waals surface area contributed by atoms with Gasteiger partial charge in [0.15, 0.2) is 5.16 Å². The normalized spacial score (nSPS) is 18.4. The molecule has 2 heterocycles. The molecule has 1 aromatic heterocycles. The predicted octanol–water partition coefficient (Wildman–Crippen LogP) is 2.87. The lowest BCUT2D eigenvalue weighted by Gasteiger charge is -2.24. The first-order valence-electron chi connectivity index (χ1n) is 7.46. The molecule has 1 amide bonds. The van der Waals surface area contributed by atoms with Gasteiger partial charge in [-0.2, -0.15) is 0 Å². The van der Waals surface area contributed by atoms with Crippen LogP contribution >= 0.6 is 11.8 Å². The van der Waals surface area contributed by atoms with E-state index in [1.54, 1.807) is 11.1 Å². The lowest BCUT2D eigenvalue weighted by atomic mass is 10.1. The number of nitrogens with zero attached hydrogens (tertiary/aromatic N) is 3. The van der Waals surface area contributed by atoms with Crippen LogP contribution in [0.3, 0.4) is 0 Å². The van der Waals surface area contributed by atoms with Crippen molar-refractivity contribution in [3.05, 3.63) is 12.3 Å². The number of amides is 1. The summed E-state index contributed by atoms with van der Waals surface area (Å²) >= 11 is 1.52. The molecule has 1 fully saturated rings. The minimum atomic E-state index is -0.442. The molecule has 1 unspecified atom stereocenters. The summed E-state index contributed by atoms with van der Waals surface area (Å²) in [6.45, 7) is 7.93. The molecular weight excluding hydrogens is 300 g/mol. The number of nitrogens with one attached hydrogen (secondary N) is 1. The van der Waals surface area contributed by atoms with Crippen molar-refractivity contribution < 1.29 is 9.53 Å². The molecule has 0 spiro atoms. The van der Waals surface area contributed by atoms with E-state index >= 15 is 0 Å². The number of rotatable bonds is 4. The van der Waals surface area contributed by atoms with Crippen molar-refractivity contribution in [2.45, 2.75) is 37.9 Å². The standard InChI is InChI=1S/C15H24N4O2S/c1-15(2,3)21-14(20)19-8-6-11(10-19)9-17-12-5-7-16-13(18-12)22-4/h5,7,11H,6,8-10H2,1-4H3,(H,16,17,18). The van der Waals surface area contributed by atoms with E-state index in [9.17, 15) is 4.79 Å². The number of hydrogen-bond donors (Lipinski definition) is 1. The fourth-order valence-electron chi connectivity index (χ4n) is 2.28. The van der Waals surface area contributed by atoms with Crippen molar-refractivity contribution in [2.24, 2.45) is 5.92 Å². The Bertz CT molecular complexity index is 519. The van der Waals surface area contributed by atoms with Crippen molar-refractivity contribution >= 4 is 23.7 Å². The maximum Gasteiger partial charge on any atom is 0.410 e. The Labute approximate surface area is 136 Å². The van der Waals surface area contributed by atoms with Gasteiger partial charge in [0.05, 0.1) is 0 Å². The minimum Gasteiger partial charge on any atom is -0.444 e. The van der Waals surface area contributed by atoms with E-state index < -0.39 is 5.60 Å². The highest BCUT2D eigenvalue weighted by Gasteiger charge is 2.29. The van der Waals surface area contributed by atoms with Crippen LogP contribution in [0, 0.1) is 5.92 Å². The number of anilines is 1. The number of thioether (sulfide) groups is 1. The molecular formula is C15H24N4O2S. The lowest BCUT2D eigenvalue weighted by molar-refractivity contribution is 0.0289. The van der Waals surface area contributed by atoms with Gasteiger partial charge in [0, 0.05) is 25.8 Å². The van der Waals surface area contributed by atoms with Crippen molar-refractivity contribution in [2.75, 3.05) is 31.2 Å². The first-order valence-corrected chi connectivity index (χ1v) is 8.68. The number of hydrogen-bond acceptors (Lipinski definition) is 6. The first kappa shape index (κ1) is 16.9. The van der Waals surface area contributed by atoms with Crippen molar-refractivity contribution in [1.29, 1.82) is 0 Å². The maximum atomic E-state index is 12.0. The lowest BCUT2D eigenvalue weighted by Crippen LogP contribution is -2.35. The Kier molecular flexibility index (Phi) is 5.50. The molecule has 1 N–H and O–H groups in total. The molecule has 1 aliphatic heterocycles. The molecule has 6 nitrogen and oxygen atoms in total. The third-order valence-corrected chi connectivity index (χ3v) is 3.89. The molecule has 1 atom stereocenters. The van der Waals surface area contributed by atoms with Crippen LogP contribution in [-0.2, 0) is 4.74 Å². The molecule has 2 rings (SSSR count). The summed E-state index contributed by atoms with van der Waals surface area (Å²) in [4.78, 5) is 22.3. The van der Waals surface area contributed by atoms with E-state index in [0.717, 1.165) is 37.0 Å². The largest absolute Gasteiger partial charge is 0.444 e. The van der Waals surface area contributed by atoms with Crippen LogP contribution in [0.4, 0.5) is 10.6 Å². The summed E-state index contributed by atoms with van der Waals surface area (Å²) in [5, 5.41) is 4.08. The molecule has 122 valence electrons. The van der Waals surface area contributed by atoms with Gasteiger partial charge in [-0.3, -0.25) is 0 Å². The zero-order valence-electron chi connectivity index (χ0n) is 13.6. The van der Waals surface area contributed by atoms with Gasteiger partial charge >= 0.3 is 6.09 Å². The fraction of sp³-hybridized carbons (Fsp3) is 0.667. The molecule has 1 aromatic rings. The summed E-state index contributed by atoms with van der Waals surface area (Å²) < 4.78 is 5.41. The molecule has 0 aromatic carbocycles. The monoisotopic (exact) mass is 324 g/mol. The summed E-state index contributed by atoms with van der Waals surface area (Å²) in [6, 6.07) is 1.86. The van der Waals surface area contributed by atoms with Gasteiger partial charge in [-0.1, -0.05) is 11.8 Å². The average molecular weight is 324 g/mol. The van der Waals surface area contributed by atoms with Crippen LogP contribution in [0.25, 0.3) is 0 Å². The Morgan fingerprint density at radius 3 is 3.00 bits per heavy atom. The highest BCUT2D eigenvalue weighted by atomic mass is 32.2. The fourth-order valence-corrected chi connectivity index (χ4v) is 2.63. The highest BCUT2D eigenvalue weighted by molar-refractivity contribution is 7.98. The van der Waals surface area contributed by atoms with Gasteiger partial charge in [0.1, 0.15) is 11.4 Å². The summed E-state index contributed by atoms with van der Waals surface area (Å²) in [5.41, 5.74) is -0.442. The zero-order valence-corrected chi connectivity index (χ0v) is 14.4. The molecule has 0 bridgehead atoms. The molecule has 1 saturated heterocycles. The van der Waals surface area contributed by atoms with E-state index in [2.05, 4.69) is 15.3 Å². The van der Waals surface area contributed by atoms with Gasteiger partial charge in [-0.15, -0.1) is 0 Å². The summed E-state index contributed by atoms with van der Waals surface area (Å²) in [7, 11) is 0.